The van der Waals surface area contributed by atoms with Gasteiger partial charge in [-0.25, -0.2) is 0 Å². The number of rotatable bonds is 3. The van der Waals surface area contributed by atoms with Crippen LogP contribution < -0.4 is 0 Å². The normalized spacial score (nSPS) is 11.9. The van der Waals surface area contributed by atoms with E-state index in [-0.39, 0.29) is 0 Å². The summed E-state index contributed by atoms with van der Waals surface area (Å²) in [5.41, 5.74) is 0.969. The lowest BCUT2D eigenvalue weighted by Gasteiger charge is -2.05. The van der Waals surface area contributed by atoms with Crippen molar-refractivity contribution in [3.63, 3.8) is 0 Å². The van der Waals surface area contributed by atoms with Crippen LogP contribution in [0.25, 0.3) is 0 Å². The van der Waals surface area contributed by atoms with Crippen molar-refractivity contribution in [1.29, 1.82) is 0 Å². The van der Waals surface area contributed by atoms with Crippen LogP contribution in [0.5, 0.6) is 0 Å². The molecule has 0 aliphatic rings. The quantitative estimate of drug-likeness (QED) is 0.715. The van der Waals surface area contributed by atoms with Gasteiger partial charge in [0.25, 0.3) is 0 Å². The van der Waals surface area contributed by atoms with Crippen molar-refractivity contribution >= 4 is 11.9 Å². The Morgan fingerprint density at radius 2 is 1.53 bits per heavy atom. The van der Waals surface area contributed by atoms with Gasteiger partial charge in [0.2, 0.25) is 0 Å². The number of hydrogen-bond donors (Lipinski definition) is 0. The van der Waals surface area contributed by atoms with Gasteiger partial charge in [-0.1, -0.05) is 30.3 Å². The summed E-state index contributed by atoms with van der Waals surface area (Å²) in [6.07, 6.45) is -1.95. The highest BCUT2D eigenvalue weighted by atomic mass is 19.4. The van der Waals surface area contributed by atoms with E-state index in [1.54, 1.807) is 6.21 Å². The Labute approximate surface area is 109 Å². The van der Waals surface area contributed by atoms with Crippen molar-refractivity contribution in [2.45, 2.75) is 12.6 Å². The molecule has 4 heteroatoms. The van der Waals surface area contributed by atoms with E-state index in [0.29, 0.717) is 12.1 Å². The summed E-state index contributed by atoms with van der Waals surface area (Å²) < 4.78 is 37.1. The van der Waals surface area contributed by atoms with Crippen LogP contribution in [0.1, 0.15) is 11.1 Å². The standard InChI is InChI=1S/C15H12F3N/c16-15(17,18)13-6-8-14(9-7-13)19-11-10-12-4-2-1-3-5-12/h1-9,11H,10H2. The van der Waals surface area contributed by atoms with E-state index in [1.807, 2.05) is 30.3 Å². The van der Waals surface area contributed by atoms with Gasteiger partial charge in [-0.05, 0) is 29.8 Å². The molecule has 0 N–H and O–H groups in total. The number of nitrogens with zero attached hydrogens (tertiary/aromatic N) is 1. The van der Waals surface area contributed by atoms with Gasteiger partial charge in [0.1, 0.15) is 0 Å². The minimum atomic E-state index is -4.30. The third-order valence-electron chi connectivity index (χ3n) is 2.60. The van der Waals surface area contributed by atoms with Crippen LogP contribution in [0.2, 0.25) is 0 Å². The first-order chi connectivity index (χ1) is 9.05. The molecule has 0 amide bonds. The Hall–Kier alpha value is -2.10. The molecule has 0 atom stereocenters. The van der Waals surface area contributed by atoms with Crippen LogP contribution in [-0.4, -0.2) is 6.21 Å². The van der Waals surface area contributed by atoms with Crippen molar-refractivity contribution in [3.05, 3.63) is 65.7 Å². The molecule has 0 fully saturated rings. The molecular formula is C15H12F3N. The van der Waals surface area contributed by atoms with Crippen molar-refractivity contribution in [1.82, 2.24) is 0 Å². The lowest BCUT2D eigenvalue weighted by Crippen LogP contribution is -2.03. The van der Waals surface area contributed by atoms with E-state index in [4.69, 9.17) is 0 Å². The van der Waals surface area contributed by atoms with Gasteiger partial charge in [-0.3, -0.25) is 4.99 Å². The summed E-state index contributed by atoms with van der Waals surface area (Å²) in [7, 11) is 0. The van der Waals surface area contributed by atoms with E-state index in [1.165, 1.54) is 12.1 Å². The van der Waals surface area contributed by atoms with Gasteiger partial charge in [0.15, 0.2) is 0 Å². The zero-order valence-corrected chi connectivity index (χ0v) is 10.1. The van der Waals surface area contributed by atoms with Crippen LogP contribution in [0.3, 0.4) is 0 Å². The lowest BCUT2D eigenvalue weighted by molar-refractivity contribution is -0.137. The fourth-order valence-corrected chi connectivity index (χ4v) is 1.61. The van der Waals surface area contributed by atoms with Crippen molar-refractivity contribution in [2.75, 3.05) is 0 Å². The lowest BCUT2D eigenvalue weighted by atomic mass is 10.2. The molecule has 0 saturated carbocycles. The third kappa shape index (κ3) is 3.95. The van der Waals surface area contributed by atoms with Crippen molar-refractivity contribution in [3.8, 4) is 0 Å². The molecule has 2 aromatic rings. The van der Waals surface area contributed by atoms with E-state index in [9.17, 15) is 13.2 Å². The van der Waals surface area contributed by atoms with Crippen molar-refractivity contribution < 1.29 is 13.2 Å². The highest BCUT2D eigenvalue weighted by Gasteiger charge is 2.29. The van der Waals surface area contributed by atoms with Gasteiger partial charge in [-0.15, -0.1) is 0 Å². The van der Waals surface area contributed by atoms with E-state index in [2.05, 4.69) is 4.99 Å². The molecule has 0 saturated heterocycles. The molecule has 2 rings (SSSR count). The Bertz CT molecular complexity index is 542. The van der Waals surface area contributed by atoms with E-state index < -0.39 is 11.7 Å². The Morgan fingerprint density at radius 3 is 2.11 bits per heavy atom. The number of hydrogen-bond acceptors (Lipinski definition) is 1. The first-order valence-corrected chi connectivity index (χ1v) is 5.79. The third-order valence-corrected chi connectivity index (χ3v) is 2.60. The number of benzene rings is 2. The van der Waals surface area contributed by atoms with Crippen LogP contribution in [0, 0.1) is 0 Å². The predicted molar refractivity (Wildman–Crippen MR) is 69.7 cm³/mol. The van der Waals surface area contributed by atoms with Crippen LogP contribution in [-0.2, 0) is 12.6 Å². The second kappa shape index (κ2) is 5.69. The van der Waals surface area contributed by atoms with Crippen LogP contribution in [0.4, 0.5) is 18.9 Å². The molecule has 0 bridgehead atoms. The van der Waals surface area contributed by atoms with Crippen LogP contribution >= 0.6 is 0 Å². The summed E-state index contributed by atoms with van der Waals surface area (Å²) in [6, 6.07) is 14.5. The first kappa shape index (κ1) is 13.3. The van der Waals surface area contributed by atoms with Gasteiger partial charge < -0.3 is 0 Å². The summed E-state index contributed by atoms with van der Waals surface area (Å²) in [5, 5.41) is 0. The van der Waals surface area contributed by atoms with Gasteiger partial charge in [0.05, 0.1) is 11.3 Å². The molecule has 98 valence electrons. The molecule has 0 aliphatic carbocycles. The monoisotopic (exact) mass is 263 g/mol. The average Bonchev–Trinajstić information content (AvgIpc) is 2.39. The second-order valence-corrected chi connectivity index (χ2v) is 4.05. The molecule has 0 unspecified atom stereocenters. The van der Waals surface area contributed by atoms with Crippen LogP contribution in [0.15, 0.2) is 59.6 Å². The molecule has 1 nitrogen and oxygen atoms in total. The summed E-state index contributed by atoms with van der Waals surface area (Å²) in [4.78, 5) is 4.13. The molecule has 19 heavy (non-hydrogen) atoms. The van der Waals surface area contributed by atoms with Gasteiger partial charge in [-0.2, -0.15) is 13.2 Å². The highest BCUT2D eigenvalue weighted by Crippen LogP contribution is 2.30. The smallest absolute Gasteiger partial charge is 0.261 e. The Balaban J connectivity index is 2.00. The largest absolute Gasteiger partial charge is 0.416 e. The maximum atomic E-state index is 12.4. The Morgan fingerprint density at radius 1 is 0.895 bits per heavy atom. The molecule has 0 radical (unpaired) electrons. The highest BCUT2D eigenvalue weighted by molar-refractivity contribution is 5.66. The molecule has 2 aromatic carbocycles. The van der Waals surface area contributed by atoms with E-state index >= 15 is 0 Å². The average molecular weight is 263 g/mol. The zero-order chi connectivity index (χ0) is 13.7. The predicted octanol–water partition coefficient (Wildman–Crippen LogP) is 4.65. The minimum Gasteiger partial charge on any atom is -0.261 e. The minimum absolute atomic E-state index is 0.518. The fourth-order valence-electron chi connectivity index (χ4n) is 1.61. The summed E-state index contributed by atoms with van der Waals surface area (Å²) >= 11 is 0. The topological polar surface area (TPSA) is 12.4 Å². The zero-order valence-electron chi connectivity index (χ0n) is 10.1. The van der Waals surface area contributed by atoms with Gasteiger partial charge in [0, 0.05) is 12.6 Å². The summed E-state index contributed by atoms with van der Waals surface area (Å²) in [5.74, 6) is 0. The van der Waals surface area contributed by atoms with Crippen molar-refractivity contribution in [2.24, 2.45) is 4.99 Å². The molecule has 0 aliphatic heterocycles. The van der Waals surface area contributed by atoms with E-state index in [0.717, 1.165) is 17.7 Å². The molecular weight excluding hydrogens is 251 g/mol. The maximum absolute atomic E-state index is 12.4. The number of alkyl halides is 3. The number of aliphatic imine (C=N–C) groups is 1. The Kier molecular flexibility index (Phi) is 4.00. The second-order valence-electron chi connectivity index (χ2n) is 4.05. The summed E-state index contributed by atoms with van der Waals surface area (Å²) in [6.45, 7) is 0. The molecule has 0 heterocycles. The fraction of sp³-hybridized carbons (Fsp3) is 0.133. The maximum Gasteiger partial charge on any atom is 0.416 e. The first-order valence-electron chi connectivity index (χ1n) is 5.79. The SMILES string of the molecule is FC(F)(F)c1ccc(N=CCc2ccccc2)cc1. The van der Waals surface area contributed by atoms with Gasteiger partial charge >= 0.3 is 6.18 Å². The number of halogens is 3. The molecule has 0 aromatic heterocycles. The molecule has 0 spiro atoms.